The standard InChI is InChI=1S/C18H16ClFN4O3/c19-13-6-5-10(24-8-7-22-18(24)27)9-12(13)17(26)23-15(16(21)25)11-3-1-2-4-14(11)20/h1-6,9,15H,7-8H2,(H2,21,25)(H,22,27)(H,23,26). The molecule has 27 heavy (non-hydrogen) atoms. The molecule has 1 fully saturated rings. The van der Waals surface area contributed by atoms with Crippen molar-refractivity contribution < 1.29 is 18.8 Å². The zero-order chi connectivity index (χ0) is 19.6. The average molecular weight is 391 g/mol. The maximum Gasteiger partial charge on any atom is 0.321 e. The molecule has 1 unspecified atom stereocenters. The Morgan fingerprint density at radius 1 is 1.26 bits per heavy atom. The second kappa shape index (κ2) is 7.63. The first-order valence-electron chi connectivity index (χ1n) is 8.08. The van der Waals surface area contributed by atoms with E-state index in [1.807, 2.05) is 0 Å². The monoisotopic (exact) mass is 390 g/mol. The van der Waals surface area contributed by atoms with E-state index in [0.29, 0.717) is 18.8 Å². The maximum absolute atomic E-state index is 14.0. The summed E-state index contributed by atoms with van der Waals surface area (Å²) in [5.74, 6) is -2.30. The van der Waals surface area contributed by atoms with Gasteiger partial charge in [0, 0.05) is 24.3 Å². The Kier molecular flexibility index (Phi) is 5.27. The van der Waals surface area contributed by atoms with Gasteiger partial charge in [0.05, 0.1) is 10.6 Å². The molecule has 140 valence electrons. The first kappa shape index (κ1) is 18.7. The van der Waals surface area contributed by atoms with Crippen molar-refractivity contribution in [3.8, 4) is 0 Å². The minimum absolute atomic E-state index is 0.0384. The molecule has 0 aliphatic carbocycles. The highest BCUT2D eigenvalue weighted by Crippen LogP contribution is 2.25. The van der Waals surface area contributed by atoms with Crippen molar-refractivity contribution >= 4 is 35.1 Å². The number of carbonyl (C=O) groups is 3. The molecule has 1 saturated heterocycles. The van der Waals surface area contributed by atoms with Gasteiger partial charge in [-0.2, -0.15) is 0 Å². The molecule has 4 N–H and O–H groups in total. The Labute approximate surface area is 159 Å². The van der Waals surface area contributed by atoms with E-state index in [0.717, 1.165) is 6.07 Å². The molecular weight excluding hydrogens is 375 g/mol. The molecule has 0 aromatic heterocycles. The summed E-state index contributed by atoms with van der Waals surface area (Å²) < 4.78 is 14.0. The molecular formula is C18H16ClFN4O3. The number of nitrogens with zero attached hydrogens (tertiary/aromatic N) is 1. The lowest BCUT2D eigenvalue weighted by molar-refractivity contribution is -0.120. The fourth-order valence-corrected chi connectivity index (χ4v) is 3.00. The number of urea groups is 1. The van der Waals surface area contributed by atoms with E-state index in [2.05, 4.69) is 10.6 Å². The molecule has 4 amide bonds. The van der Waals surface area contributed by atoms with Crippen LogP contribution in [0.5, 0.6) is 0 Å². The second-order valence-corrected chi connectivity index (χ2v) is 6.29. The molecule has 0 radical (unpaired) electrons. The van der Waals surface area contributed by atoms with Crippen molar-refractivity contribution in [1.82, 2.24) is 10.6 Å². The lowest BCUT2D eigenvalue weighted by atomic mass is 10.0. The molecule has 9 heteroatoms. The molecule has 1 heterocycles. The zero-order valence-corrected chi connectivity index (χ0v) is 14.8. The fraction of sp³-hybridized carbons (Fsp3) is 0.167. The van der Waals surface area contributed by atoms with Crippen LogP contribution in [0, 0.1) is 5.82 Å². The number of carbonyl (C=O) groups excluding carboxylic acids is 3. The van der Waals surface area contributed by atoms with Gasteiger partial charge in [0.1, 0.15) is 11.9 Å². The van der Waals surface area contributed by atoms with Gasteiger partial charge in [-0.3, -0.25) is 14.5 Å². The number of benzene rings is 2. The summed E-state index contributed by atoms with van der Waals surface area (Å²) >= 11 is 6.10. The van der Waals surface area contributed by atoms with Crippen LogP contribution in [0.15, 0.2) is 42.5 Å². The number of halogens is 2. The van der Waals surface area contributed by atoms with Gasteiger partial charge < -0.3 is 16.4 Å². The van der Waals surface area contributed by atoms with Crippen molar-refractivity contribution in [2.24, 2.45) is 5.73 Å². The minimum atomic E-state index is -1.37. The summed E-state index contributed by atoms with van der Waals surface area (Å²) in [6.45, 7) is 0.931. The van der Waals surface area contributed by atoms with E-state index in [1.54, 1.807) is 6.07 Å². The molecule has 0 spiro atoms. The maximum atomic E-state index is 14.0. The van der Waals surface area contributed by atoms with Crippen molar-refractivity contribution in [3.63, 3.8) is 0 Å². The first-order valence-corrected chi connectivity index (χ1v) is 8.46. The molecule has 0 saturated carbocycles. The van der Waals surface area contributed by atoms with Gasteiger partial charge in [0.15, 0.2) is 0 Å². The second-order valence-electron chi connectivity index (χ2n) is 5.88. The predicted octanol–water partition coefficient (Wildman–Crippen LogP) is 1.97. The van der Waals surface area contributed by atoms with E-state index in [4.69, 9.17) is 17.3 Å². The predicted molar refractivity (Wildman–Crippen MR) is 98.0 cm³/mol. The summed E-state index contributed by atoms with van der Waals surface area (Å²) in [6.07, 6.45) is 0. The van der Waals surface area contributed by atoms with Crippen LogP contribution in [0.2, 0.25) is 5.02 Å². The van der Waals surface area contributed by atoms with Crippen LogP contribution >= 0.6 is 11.6 Å². The van der Waals surface area contributed by atoms with E-state index < -0.39 is 23.7 Å². The van der Waals surface area contributed by atoms with Gasteiger partial charge in [-0.1, -0.05) is 29.8 Å². The minimum Gasteiger partial charge on any atom is -0.368 e. The Morgan fingerprint density at radius 2 is 2.00 bits per heavy atom. The normalized spacial score (nSPS) is 14.6. The quantitative estimate of drug-likeness (QED) is 0.726. The third-order valence-corrected chi connectivity index (χ3v) is 4.47. The Morgan fingerprint density at radius 3 is 2.63 bits per heavy atom. The largest absolute Gasteiger partial charge is 0.368 e. The molecule has 3 rings (SSSR count). The number of hydrogen-bond donors (Lipinski definition) is 3. The SMILES string of the molecule is NC(=O)C(NC(=O)c1cc(N2CCNC2=O)ccc1Cl)c1ccccc1F. The number of rotatable bonds is 5. The molecule has 7 nitrogen and oxygen atoms in total. The third kappa shape index (κ3) is 3.85. The molecule has 1 aliphatic heterocycles. The van der Waals surface area contributed by atoms with Crippen LogP contribution in [0.3, 0.4) is 0 Å². The number of primary amides is 1. The van der Waals surface area contributed by atoms with Gasteiger partial charge >= 0.3 is 6.03 Å². The topological polar surface area (TPSA) is 105 Å². The number of nitrogens with two attached hydrogens (primary N) is 1. The number of nitrogens with one attached hydrogen (secondary N) is 2. The van der Waals surface area contributed by atoms with Gasteiger partial charge in [-0.25, -0.2) is 9.18 Å². The van der Waals surface area contributed by atoms with E-state index >= 15 is 0 Å². The molecule has 2 aromatic carbocycles. The number of anilines is 1. The van der Waals surface area contributed by atoms with Crippen LogP contribution in [-0.4, -0.2) is 30.9 Å². The fourth-order valence-electron chi connectivity index (χ4n) is 2.79. The highest BCUT2D eigenvalue weighted by Gasteiger charge is 2.26. The van der Waals surface area contributed by atoms with E-state index in [1.165, 1.54) is 35.2 Å². The summed E-state index contributed by atoms with van der Waals surface area (Å²) in [5, 5.41) is 5.18. The Balaban J connectivity index is 1.89. The molecule has 0 bridgehead atoms. The number of hydrogen-bond acceptors (Lipinski definition) is 3. The van der Waals surface area contributed by atoms with Gasteiger partial charge in [0.25, 0.3) is 5.91 Å². The van der Waals surface area contributed by atoms with Crippen molar-refractivity contribution in [2.75, 3.05) is 18.0 Å². The van der Waals surface area contributed by atoms with Gasteiger partial charge in [-0.15, -0.1) is 0 Å². The van der Waals surface area contributed by atoms with Crippen molar-refractivity contribution in [1.29, 1.82) is 0 Å². The first-order chi connectivity index (χ1) is 12.9. The Bertz CT molecular complexity index is 921. The molecule has 2 aromatic rings. The van der Waals surface area contributed by atoms with Crippen LogP contribution in [0.1, 0.15) is 22.0 Å². The van der Waals surface area contributed by atoms with Gasteiger partial charge in [-0.05, 0) is 24.3 Å². The van der Waals surface area contributed by atoms with Crippen LogP contribution in [0.4, 0.5) is 14.9 Å². The molecule has 1 aliphatic rings. The number of amides is 4. The van der Waals surface area contributed by atoms with Crippen LogP contribution in [0.25, 0.3) is 0 Å². The summed E-state index contributed by atoms with van der Waals surface area (Å²) in [6, 6.07) is 8.36. The summed E-state index contributed by atoms with van der Waals surface area (Å²) in [7, 11) is 0. The average Bonchev–Trinajstić information content (AvgIpc) is 3.06. The lowest BCUT2D eigenvalue weighted by Gasteiger charge is -2.19. The van der Waals surface area contributed by atoms with Crippen LogP contribution in [-0.2, 0) is 4.79 Å². The van der Waals surface area contributed by atoms with Crippen molar-refractivity contribution in [3.05, 3.63) is 64.4 Å². The smallest absolute Gasteiger partial charge is 0.321 e. The van der Waals surface area contributed by atoms with Crippen LogP contribution < -0.4 is 21.3 Å². The zero-order valence-electron chi connectivity index (χ0n) is 14.0. The van der Waals surface area contributed by atoms with Gasteiger partial charge in [0.2, 0.25) is 5.91 Å². The summed E-state index contributed by atoms with van der Waals surface area (Å²) in [4.78, 5) is 37.7. The highest BCUT2D eigenvalue weighted by molar-refractivity contribution is 6.34. The molecule has 1 atom stereocenters. The van der Waals surface area contributed by atoms with E-state index in [-0.39, 0.29) is 22.2 Å². The lowest BCUT2D eigenvalue weighted by Crippen LogP contribution is -2.38. The van der Waals surface area contributed by atoms with E-state index in [9.17, 15) is 18.8 Å². The summed E-state index contributed by atoms with van der Waals surface area (Å²) in [5.41, 5.74) is 5.80. The Hall–Kier alpha value is -3.13. The highest BCUT2D eigenvalue weighted by atomic mass is 35.5. The van der Waals surface area contributed by atoms with Crippen molar-refractivity contribution in [2.45, 2.75) is 6.04 Å². The third-order valence-electron chi connectivity index (χ3n) is 4.14.